The Morgan fingerprint density at radius 2 is 1.96 bits per heavy atom. The van der Waals surface area contributed by atoms with Crippen molar-refractivity contribution in [1.82, 2.24) is 19.4 Å². The van der Waals surface area contributed by atoms with Crippen LogP contribution in [0.4, 0.5) is 0 Å². The minimum atomic E-state index is -3.76. The molecule has 0 bridgehead atoms. The van der Waals surface area contributed by atoms with Crippen LogP contribution < -0.4 is 0 Å². The molecule has 0 fully saturated rings. The highest BCUT2D eigenvalue weighted by Gasteiger charge is 2.27. The summed E-state index contributed by atoms with van der Waals surface area (Å²) in [5.74, 6) is 1.44. The second kappa shape index (κ2) is 7.01. The lowest BCUT2D eigenvalue weighted by Crippen LogP contribution is -2.32. The van der Waals surface area contributed by atoms with Gasteiger partial charge in [0, 0.05) is 25.6 Å². The molecular formula is C18H18N4O4S. The van der Waals surface area contributed by atoms with Gasteiger partial charge in [-0.1, -0.05) is 24.2 Å². The van der Waals surface area contributed by atoms with E-state index in [-0.39, 0.29) is 11.6 Å². The van der Waals surface area contributed by atoms with Crippen molar-refractivity contribution in [2.75, 3.05) is 13.1 Å². The average molecular weight is 386 g/mol. The lowest BCUT2D eigenvalue weighted by molar-refractivity contribution is 0.379. The molecule has 4 aromatic rings. The monoisotopic (exact) mass is 386 g/mol. The molecule has 4 rings (SSSR count). The fourth-order valence-corrected chi connectivity index (χ4v) is 4.23. The number of fused-ring (bicyclic) bond motifs is 1. The zero-order chi connectivity index (χ0) is 18.9. The van der Waals surface area contributed by atoms with Crippen LogP contribution in [-0.2, 0) is 16.4 Å². The molecule has 0 spiro atoms. The van der Waals surface area contributed by atoms with Crippen molar-refractivity contribution in [2.24, 2.45) is 0 Å². The number of H-pyrrole nitrogens is 1. The molecular weight excluding hydrogens is 368 g/mol. The molecule has 0 aliphatic carbocycles. The molecule has 0 amide bonds. The van der Waals surface area contributed by atoms with E-state index in [0.29, 0.717) is 24.5 Å². The minimum absolute atomic E-state index is 0.125. The fourth-order valence-electron chi connectivity index (χ4n) is 2.86. The summed E-state index contributed by atoms with van der Waals surface area (Å²) < 4.78 is 37.6. The average Bonchev–Trinajstić information content (AvgIpc) is 3.40. The van der Waals surface area contributed by atoms with Gasteiger partial charge in [0.15, 0.2) is 5.76 Å². The van der Waals surface area contributed by atoms with Crippen LogP contribution in [0, 0.1) is 0 Å². The number of imidazole rings is 1. The molecule has 8 nitrogen and oxygen atoms in total. The first-order valence-electron chi connectivity index (χ1n) is 8.52. The number of benzene rings is 1. The highest BCUT2D eigenvalue weighted by Crippen LogP contribution is 2.26. The lowest BCUT2D eigenvalue weighted by atomic mass is 10.3. The van der Waals surface area contributed by atoms with E-state index >= 15 is 0 Å². The molecule has 140 valence electrons. The van der Waals surface area contributed by atoms with Gasteiger partial charge in [-0.2, -0.15) is 4.31 Å². The second-order valence-electron chi connectivity index (χ2n) is 5.94. The third-order valence-corrected chi connectivity index (χ3v) is 6.09. The Balaban J connectivity index is 1.52. The lowest BCUT2D eigenvalue weighted by Gasteiger charge is -2.18. The van der Waals surface area contributed by atoms with E-state index in [4.69, 9.17) is 8.94 Å². The highest BCUT2D eigenvalue weighted by atomic mass is 32.2. The Hall–Kier alpha value is -2.91. The number of rotatable bonds is 7. The largest absolute Gasteiger partial charge is 0.440 e. The normalized spacial score (nSPS) is 12.2. The van der Waals surface area contributed by atoms with Gasteiger partial charge in [0.05, 0.1) is 17.2 Å². The quantitative estimate of drug-likeness (QED) is 0.523. The third-order valence-electron chi connectivity index (χ3n) is 4.25. The number of likely N-dealkylation sites (N-methyl/N-ethyl adjacent to an activating group) is 1. The van der Waals surface area contributed by atoms with Crippen molar-refractivity contribution in [2.45, 2.75) is 18.4 Å². The smallest absolute Gasteiger partial charge is 0.276 e. The van der Waals surface area contributed by atoms with Crippen molar-refractivity contribution in [3.05, 3.63) is 54.5 Å². The van der Waals surface area contributed by atoms with Crippen molar-refractivity contribution >= 4 is 21.1 Å². The number of furan rings is 1. The molecule has 0 saturated carbocycles. The fraction of sp³-hybridized carbons (Fsp3) is 0.222. The maximum atomic E-state index is 12.9. The molecule has 0 aliphatic heterocycles. The maximum absolute atomic E-state index is 12.9. The first-order chi connectivity index (χ1) is 13.1. The molecule has 27 heavy (non-hydrogen) atoms. The standard InChI is InChI=1S/C18H18N4O4S/c1-2-22(12-10-17-20-13-5-3-4-6-14(13)21-17)27(23,24)18-8-7-15(25-18)16-9-11-19-26-16/h3-9,11H,2,10,12H2,1H3,(H,20,21). The van der Waals surface area contributed by atoms with Crippen molar-refractivity contribution < 1.29 is 17.4 Å². The summed E-state index contributed by atoms with van der Waals surface area (Å²) in [6, 6.07) is 12.3. The predicted octanol–water partition coefficient (Wildman–Crippen LogP) is 3.06. The number of para-hydroxylation sites is 2. The summed E-state index contributed by atoms with van der Waals surface area (Å²) in [5, 5.41) is 3.47. The zero-order valence-corrected chi connectivity index (χ0v) is 15.4. The van der Waals surface area contributed by atoms with Crippen LogP contribution in [0.1, 0.15) is 12.7 Å². The van der Waals surface area contributed by atoms with E-state index in [0.717, 1.165) is 16.9 Å². The van der Waals surface area contributed by atoms with Crippen molar-refractivity contribution in [3.8, 4) is 11.5 Å². The summed E-state index contributed by atoms with van der Waals surface area (Å²) in [5.41, 5.74) is 1.79. The molecule has 0 unspecified atom stereocenters. The zero-order valence-electron chi connectivity index (χ0n) is 14.6. The number of sulfonamides is 1. The summed E-state index contributed by atoms with van der Waals surface area (Å²) in [4.78, 5) is 7.71. The van der Waals surface area contributed by atoms with E-state index in [1.165, 1.54) is 16.6 Å². The van der Waals surface area contributed by atoms with Gasteiger partial charge < -0.3 is 13.9 Å². The highest BCUT2D eigenvalue weighted by molar-refractivity contribution is 7.89. The third kappa shape index (κ3) is 3.38. The number of aromatic amines is 1. The first-order valence-corrected chi connectivity index (χ1v) is 9.96. The second-order valence-corrected chi connectivity index (χ2v) is 7.81. The Kier molecular flexibility index (Phi) is 4.54. The van der Waals surface area contributed by atoms with Gasteiger partial charge in [0.2, 0.25) is 10.9 Å². The number of aromatic nitrogens is 3. The van der Waals surface area contributed by atoms with Crippen LogP contribution in [0.2, 0.25) is 0 Å². The molecule has 1 aromatic carbocycles. The Morgan fingerprint density at radius 3 is 2.70 bits per heavy atom. The van der Waals surface area contributed by atoms with Gasteiger partial charge in [0.25, 0.3) is 10.0 Å². The van der Waals surface area contributed by atoms with E-state index in [1.807, 2.05) is 24.3 Å². The summed E-state index contributed by atoms with van der Waals surface area (Å²) in [7, 11) is -3.76. The van der Waals surface area contributed by atoms with Crippen LogP contribution in [0.3, 0.4) is 0 Å². The SMILES string of the molecule is CCN(CCc1nc2ccccc2[nH]1)S(=O)(=O)c1ccc(-c2ccno2)o1. The van der Waals surface area contributed by atoms with Gasteiger partial charge >= 0.3 is 0 Å². The topological polar surface area (TPSA) is 105 Å². The number of nitrogens with zero attached hydrogens (tertiary/aromatic N) is 3. The van der Waals surface area contributed by atoms with Gasteiger partial charge in [-0.15, -0.1) is 0 Å². The van der Waals surface area contributed by atoms with Crippen LogP contribution in [-0.4, -0.2) is 40.9 Å². The molecule has 0 saturated heterocycles. The summed E-state index contributed by atoms with van der Waals surface area (Å²) in [6.07, 6.45) is 1.94. The van der Waals surface area contributed by atoms with Crippen LogP contribution in [0.5, 0.6) is 0 Å². The molecule has 3 aromatic heterocycles. The Labute approximate surface area is 155 Å². The molecule has 1 N–H and O–H groups in total. The molecule has 0 aliphatic rings. The first kappa shape index (κ1) is 17.5. The number of hydrogen-bond donors (Lipinski definition) is 1. The number of hydrogen-bond acceptors (Lipinski definition) is 6. The molecule has 0 atom stereocenters. The van der Waals surface area contributed by atoms with Crippen LogP contribution in [0.25, 0.3) is 22.6 Å². The van der Waals surface area contributed by atoms with Gasteiger partial charge in [-0.25, -0.2) is 13.4 Å². The van der Waals surface area contributed by atoms with Gasteiger partial charge in [-0.05, 0) is 24.3 Å². The van der Waals surface area contributed by atoms with Gasteiger partial charge in [-0.3, -0.25) is 0 Å². The van der Waals surface area contributed by atoms with Gasteiger partial charge in [0.1, 0.15) is 5.82 Å². The van der Waals surface area contributed by atoms with Crippen molar-refractivity contribution in [3.63, 3.8) is 0 Å². The molecule has 0 radical (unpaired) electrons. The van der Waals surface area contributed by atoms with Crippen LogP contribution >= 0.6 is 0 Å². The molecule has 9 heteroatoms. The van der Waals surface area contributed by atoms with E-state index in [9.17, 15) is 8.42 Å². The van der Waals surface area contributed by atoms with E-state index < -0.39 is 10.0 Å². The van der Waals surface area contributed by atoms with Crippen molar-refractivity contribution in [1.29, 1.82) is 0 Å². The summed E-state index contributed by atoms with van der Waals surface area (Å²) >= 11 is 0. The van der Waals surface area contributed by atoms with E-state index in [1.54, 1.807) is 19.1 Å². The maximum Gasteiger partial charge on any atom is 0.276 e. The Morgan fingerprint density at radius 1 is 1.11 bits per heavy atom. The summed E-state index contributed by atoms with van der Waals surface area (Å²) in [6.45, 7) is 2.40. The number of nitrogens with one attached hydrogen (secondary N) is 1. The minimum Gasteiger partial charge on any atom is -0.440 e. The Bertz CT molecular complexity index is 1110. The van der Waals surface area contributed by atoms with E-state index in [2.05, 4.69) is 15.1 Å². The predicted molar refractivity (Wildman–Crippen MR) is 98.4 cm³/mol. The molecule has 3 heterocycles. The van der Waals surface area contributed by atoms with Crippen LogP contribution in [0.15, 0.2) is 62.7 Å².